The number of alkyl halides is 1. The summed E-state index contributed by atoms with van der Waals surface area (Å²) in [6, 6.07) is 14.3. The minimum absolute atomic E-state index is 0.301. The van der Waals surface area contributed by atoms with E-state index in [9.17, 15) is 4.79 Å². The van der Waals surface area contributed by atoms with E-state index >= 15 is 0 Å². The van der Waals surface area contributed by atoms with Crippen LogP contribution in [0.5, 0.6) is 0 Å². The molecule has 4 heteroatoms. The third-order valence-corrected chi connectivity index (χ3v) is 5.24. The van der Waals surface area contributed by atoms with Crippen LogP contribution in [0.4, 0.5) is 0 Å². The lowest BCUT2D eigenvalue weighted by atomic mass is 10.0. The predicted octanol–water partition coefficient (Wildman–Crippen LogP) is 5.26. The number of rotatable bonds is 6. The minimum Gasteiger partial charge on any atom is -0.465 e. The van der Waals surface area contributed by atoms with Crippen LogP contribution < -0.4 is 0 Å². The summed E-state index contributed by atoms with van der Waals surface area (Å²) in [6.07, 6.45) is 1.75. The SMILES string of the molecule is COC(=O)c1cccc(Cc2ccc3c(c2)c(C)c(C)n3CCCCl)c1. The van der Waals surface area contributed by atoms with Gasteiger partial charge in [0.2, 0.25) is 0 Å². The summed E-state index contributed by atoms with van der Waals surface area (Å²) < 4.78 is 7.17. The van der Waals surface area contributed by atoms with Gasteiger partial charge in [0.1, 0.15) is 0 Å². The van der Waals surface area contributed by atoms with Gasteiger partial charge in [-0.1, -0.05) is 18.2 Å². The molecule has 2 aromatic carbocycles. The number of carbonyl (C=O) groups is 1. The van der Waals surface area contributed by atoms with E-state index in [1.165, 1.54) is 34.8 Å². The maximum Gasteiger partial charge on any atom is 0.337 e. The summed E-state index contributed by atoms with van der Waals surface area (Å²) in [6.45, 7) is 5.29. The number of ether oxygens (including phenoxy) is 1. The molecule has 1 heterocycles. The van der Waals surface area contributed by atoms with Crippen molar-refractivity contribution >= 4 is 28.5 Å². The molecule has 0 aliphatic heterocycles. The first kappa shape index (κ1) is 18.5. The van der Waals surface area contributed by atoms with Gasteiger partial charge in [-0.25, -0.2) is 4.79 Å². The van der Waals surface area contributed by atoms with E-state index < -0.39 is 0 Å². The van der Waals surface area contributed by atoms with Crippen LogP contribution in [0, 0.1) is 13.8 Å². The van der Waals surface area contributed by atoms with Crippen molar-refractivity contribution in [2.24, 2.45) is 0 Å². The molecule has 0 saturated heterocycles. The summed E-state index contributed by atoms with van der Waals surface area (Å²) in [5.41, 5.74) is 6.80. The van der Waals surface area contributed by atoms with E-state index in [-0.39, 0.29) is 5.97 Å². The quantitative estimate of drug-likeness (QED) is 0.438. The zero-order chi connectivity index (χ0) is 18.7. The molecule has 0 atom stereocenters. The lowest BCUT2D eigenvalue weighted by Gasteiger charge is -2.08. The van der Waals surface area contributed by atoms with E-state index in [0.717, 1.165) is 24.9 Å². The highest BCUT2D eigenvalue weighted by Crippen LogP contribution is 2.27. The molecule has 0 amide bonds. The largest absolute Gasteiger partial charge is 0.465 e. The van der Waals surface area contributed by atoms with Gasteiger partial charge in [-0.05, 0) is 67.6 Å². The molecule has 3 nitrogen and oxygen atoms in total. The molecular formula is C22H24ClNO2. The number of carbonyl (C=O) groups excluding carboxylic acids is 1. The predicted molar refractivity (Wildman–Crippen MR) is 107 cm³/mol. The summed E-state index contributed by atoms with van der Waals surface area (Å²) in [5, 5.41) is 1.29. The van der Waals surface area contributed by atoms with Crippen molar-refractivity contribution in [3.05, 3.63) is 70.4 Å². The monoisotopic (exact) mass is 369 g/mol. The molecule has 0 bridgehead atoms. The molecule has 0 unspecified atom stereocenters. The van der Waals surface area contributed by atoms with Crippen molar-refractivity contribution in [1.29, 1.82) is 0 Å². The Kier molecular flexibility index (Phi) is 5.67. The van der Waals surface area contributed by atoms with E-state index in [1.807, 2.05) is 18.2 Å². The van der Waals surface area contributed by atoms with Crippen LogP contribution in [0.2, 0.25) is 0 Å². The molecule has 3 rings (SSSR count). The van der Waals surface area contributed by atoms with Crippen molar-refractivity contribution < 1.29 is 9.53 Å². The van der Waals surface area contributed by atoms with Crippen molar-refractivity contribution in [2.75, 3.05) is 13.0 Å². The second-order valence-corrected chi connectivity index (χ2v) is 7.00. The highest BCUT2D eigenvalue weighted by Gasteiger charge is 2.12. The van der Waals surface area contributed by atoms with Gasteiger partial charge in [0.15, 0.2) is 0 Å². The van der Waals surface area contributed by atoms with Crippen LogP contribution >= 0.6 is 11.6 Å². The van der Waals surface area contributed by atoms with Gasteiger partial charge < -0.3 is 9.30 Å². The number of aromatic nitrogens is 1. The zero-order valence-corrected chi connectivity index (χ0v) is 16.3. The Morgan fingerprint density at radius 1 is 1.12 bits per heavy atom. The molecule has 0 N–H and O–H groups in total. The van der Waals surface area contributed by atoms with Crippen LogP contribution in [0.3, 0.4) is 0 Å². The molecule has 0 radical (unpaired) electrons. The van der Waals surface area contributed by atoms with E-state index in [0.29, 0.717) is 11.4 Å². The van der Waals surface area contributed by atoms with Crippen LogP contribution in [0.15, 0.2) is 42.5 Å². The minimum atomic E-state index is -0.301. The molecule has 26 heavy (non-hydrogen) atoms. The van der Waals surface area contributed by atoms with E-state index in [4.69, 9.17) is 16.3 Å². The number of aryl methyl sites for hydroxylation is 2. The van der Waals surface area contributed by atoms with Crippen LogP contribution in [0.25, 0.3) is 10.9 Å². The Hall–Kier alpha value is -2.26. The number of halogens is 1. The first-order chi connectivity index (χ1) is 12.5. The topological polar surface area (TPSA) is 31.2 Å². The van der Waals surface area contributed by atoms with Crippen LogP contribution in [-0.2, 0) is 17.7 Å². The Morgan fingerprint density at radius 3 is 2.62 bits per heavy atom. The Bertz CT molecular complexity index is 943. The number of nitrogens with zero attached hydrogens (tertiary/aromatic N) is 1. The maximum atomic E-state index is 11.7. The molecular weight excluding hydrogens is 346 g/mol. The van der Waals surface area contributed by atoms with Gasteiger partial charge in [-0.15, -0.1) is 11.6 Å². The standard InChI is InChI=1S/C22H24ClNO2/c1-15-16(2)24(11-5-10-23)21-9-8-18(14-20(15)21)12-17-6-4-7-19(13-17)22(25)26-3/h4,6-9,13-14H,5,10-12H2,1-3H3. The summed E-state index contributed by atoms with van der Waals surface area (Å²) in [4.78, 5) is 11.7. The van der Waals surface area contributed by atoms with Gasteiger partial charge in [0.25, 0.3) is 0 Å². The summed E-state index contributed by atoms with van der Waals surface area (Å²) in [7, 11) is 1.41. The first-order valence-corrected chi connectivity index (χ1v) is 9.40. The van der Waals surface area contributed by atoms with Gasteiger partial charge in [-0.2, -0.15) is 0 Å². The molecule has 0 fully saturated rings. The van der Waals surface area contributed by atoms with Gasteiger partial charge in [-0.3, -0.25) is 0 Å². The second-order valence-electron chi connectivity index (χ2n) is 6.62. The normalized spacial score (nSPS) is 11.1. The van der Waals surface area contributed by atoms with Gasteiger partial charge >= 0.3 is 5.97 Å². The smallest absolute Gasteiger partial charge is 0.337 e. The first-order valence-electron chi connectivity index (χ1n) is 8.86. The summed E-state index contributed by atoms with van der Waals surface area (Å²) >= 11 is 5.88. The zero-order valence-electron chi connectivity index (χ0n) is 15.5. The molecule has 0 aliphatic carbocycles. The number of methoxy groups -OCH3 is 1. The van der Waals surface area contributed by atoms with Crippen LogP contribution in [0.1, 0.15) is 39.2 Å². The molecule has 0 aliphatic rings. The number of benzene rings is 2. The average Bonchev–Trinajstić information content (AvgIpc) is 2.90. The number of hydrogen-bond donors (Lipinski definition) is 0. The van der Waals surface area contributed by atoms with Gasteiger partial charge in [0, 0.05) is 29.0 Å². The maximum absolute atomic E-state index is 11.7. The van der Waals surface area contributed by atoms with E-state index in [1.54, 1.807) is 6.07 Å². The highest BCUT2D eigenvalue weighted by molar-refractivity contribution is 6.17. The molecule has 3 aromatic rings. The molecule has 0 saturated carbocycles. The highest BCUT2D eigenvalue weighted by atomic mass is 35.5. The fourth-order valence-corrected chi connectivity index (χ4v) is 3.59. The fraction of sp³-hybridized carbons (Fsp3) is 0.318. The second kappa shape index (κ2) is 7.96. The Morgan fingerprint density at radius 2 is 1.88 bits per heavy atom. The third kappa shape index (κ3) is 3.63. The van der Waals surface area contributed by atoms with Crippen molar-refractivity contribution in [3.8, 4) is 0 Å². The van der Waals surface area contributed by atoms with Crippen LogP contribution in [-0.4, -0.2) is 23.5 Å². The lowest BCUT2D eigenvalue weighted by molar-refractivity contribution is 0.0600. The number of hydrogen-bond acceptors (Lipinski definition) is 2. The Balaban J connectivity index is 1.93. The van der Waals surface area contributed by atoms with Crippen molar-refractivity contribution in [3.63, 3.8) is 0 Å². The van der Waals surface area contributed by atoms with E-state index in [2.05, 4.69) is 36.6 Å². The number of esters is 1. The molecule has 0 spiro atoms. The fourth-order valence-electron chi connectivity index (χ4n) is 3.47. The lowest BCUT2D eigenvalue weighted by Crippen LogP contribution is -2.02. The summed E-state index contributed by atoms with van der Waals surface area (Å²) in [5.74, 6) is 0.373. The van der Waals surface area contributed by atoms with Gasteiger partial charge in [0.05, 0.1) is 12.7 Å². The number of fused-ring (bicyclic) bond motifs is 1. The molecule has 1 aromatic heterocycles. The average molecular weight is 370 g/mol. The molecule has 136 valence electrons. The third-order valence-electron chi connectivity index (χ3n) is 4.98. The van der Waals surface area contributed by atoms with Crippen molar-refractivity contribution in [2.45, 2.75) is 33.2 Å². The van der Waals surface area contributed by atoms with Crippen molar-refractivity contribution in [1.82, 2.24) is 4.57 Å². The Labute approximate surface area is 159 Å².